The number of morpholine rings is 1. The molecule has 2 atom stereocenters. The smallest absolute Gasteiger partial charge is 0.260 e. The number of hydrogen-bond donors (Lipinski definition) is 1. The Kier molecular flexibility index (Phi) is 6.90. The van der Waals surface area contributed by atoms with Gasteiger partial charge in [-0.25, -0.2) is 0 Å². The molecule has 1 aromatic carbocycles. The van der Waals surface area contributed by atoms with Gasteiger partial charge >= 0.3 is 0 Å². The lowest BCUT2D eigenvalue weighted by atomic mass is 10.1. The van der Waals surface area contributed by atoms with Gasteiger partial charge in [0, 0.05) is 19.6 Å². The van der Waals surface area contributed by atoms with Gasteiger partial charge in [-0.3, -0.25) is 9.69 Å². The van der Waals surface area contributed by atoms with Crippen molar-refractivity contribution >= 4 is 5.91 Å². The molecule has 1 amide bonds. The fourth-order valence-corrected chi connectivity index (χ4v) is 3.18. The largest absolute Gasteiger partial charge is 0.481 e. The first-order valence-electron chi connectivity index (χ1n) is 9.56. The monoisotopic (exact) mass is 372 g/mol. The van der Waals surface area contributed by atoms with Gasteiger partial charge < -0.3 is 19.2 Å². The Morgan fingerprint density at radius 2 is 1.96 bits per heavy atom. The van der Waals surface area contributed by atoms with Gasteiger partial charge in [0.05, 0.1) is 25.5 Å². The van der Waals surface area contributed by atoms with Crippen LogP contribution in [-0.2, 0) is 16.0 Å². The van der Waals surface area contributed by atoms with Crippen molar-refractivity contribution in [1.82, 2.24) is 10.2 Å². The normalized spacial score (nSPS) is 17.3. The van der Waals surface area contributed by atoms with Gasteiger partial charge in [-0.2, -0.15) is 0 Å². The molecule has 1 fully saturated rings. The minimum absolute atomic E-state index is 0.0103. The van der Waals surface area contributed by atoms with Gasteiger partial charge in [-0.15, -0.1) is 0 Å². The summed E-state index contributed by atoms with van der Waals surface area (Å²) in [4.78, 5) is 14.8. The van der Waals surface area contributed by atoms with E-state index in [1.54, 1.807) is 13.2 Å². The number of hydrogen-bond acceptors (Lipinski definition) is 5. The standard InChI is InChI=1S/C21H28N2O4/c1-3-17-6-8-18(9-7-17)27-16(2)21(24)22-15-19(20-5-4-12-26-20)23-10-13-25-14-11-23/h4-9,12,16,19H,3,10-11,13-15H2,1-2H3,(H,22,24)/t16-,19+/m1/s1. The second-order valence-corrected chi connectivity index (χ2v) is 6.68. The summed E-state index contributed by atoms with van der Waals surface area (Å²) in [6.45, 7) is 7.36. The number of benzene rings is 1. The number of nitrogens with zero attached hydrogens (tertiary/aromatic N) is 1. The van der Waals surface area contributed by atoms with Crippen LogP contribution in [0.2, 0.25) is 0 Å². The van der Waals surface area contributed by atoms with E-state index in [-0.39, 0.29) is 11.9 Å². The maximum Gasteiger partial charge on any atom is 0.260 e. The molecule has 27 heavy (non-hydrogen) atoms. The van der Waals surface area contributed by atoms with E-state index in [9.17, 15) is 4.79 Å². The van der Waals surface area contributed by atoms with Gasteiger partial charge in [0.1, 0.15) is 11.5 Å². The first-order chi connectivity index (χ1) is 13.2. The molecule has 1 aliphatic heterocycles. The fraction of sp³-hybridized carbons (Fsp3) is 0.476. The van der Waals surface area contributed by atoms with Crippen molar-refractivity contribution in [2.24, 2.45) is 0 Å². The van der Waals surface area contributed by atoms with Crippen LogP contribution in [0.4, 0.5) is 0 Å². The molecule has 3 rings (SSSR count). The SMILES string of the molecule is CCc1ccc(O[C@H](C)C(=O)NC[C@@H](c2ccco2)N2CCOCC2)cc1. The molecule has 6 heteroatoms. The number of rotatable bonds is 8. The van der Waals surface area contributed by atoms with Crippen molar-refractivity contribution in [3.05, 3.63) is 54.0 Å². The summed E-state index contributed by atoms with van der Waals surface area (Å²) >= 11 is 0. The zero-order valence-electron chi connectivity index (χ0n) is 16.0. The summed E-state index contributed by atoms with van der Waals surface area (Å²) in [5, 5.41) is 3.00. The molecule has 0 aliphatic carbocycles. The molecule has 0 bridgehead atoms. The highest BCUT2D eigenvalue weighted by Crippen LogP contribution is 2.22. The lowest BCUT2D eigenvalue weighted by molar-refractivity contribution is -0.127. The van der Waals surface area contributed by atoms with Crippen LogP contribution in [0.3, 0.4) is 0 Å². The van der Waals surface area contributed by atoms with Gasteiger partial charge in [0.2, 0.25) is 0 Å². The number of amides is 1. The quantitative estimate of drug-likeness (QED) is 0.772. The van der Waals surface area contributed by atoms with Crippen molar-refractivity contribution in [2.75, 3.05) is 32.8 Å². The summed E-state index contributed by atoms with van der Waals surface area (Å²) < 4.78 is 16.8. The molecular weight excluding hydrogens is 344 g/mol. The van der Waals surface area contributed by atoms with E-state index >= 15 is 0 Å². The lowest BCUT2D eigenvalue weighted by Gasteiger charge is -2.33. The maximum absolute atomic E-state index is 12.5. The molecule has 1 saturated heterocycles. The third-order valence-corrected chi connectivity index (χ3v) is 4.84. The van der Waals surface area contributed by atoms with Gasteiger partial charge in [-0.05, 0) is 43.2 Å². The van der Waals surface area contributed by atoms with E-state index in [0.29, 0.717) is 25.5 Å². The molecule has 1 aromatic heterocycles. The van der Waals surface area contributed by atoms with Gasteiger partial charge in [0.15, 0.2) is 6.10 Å². The minimum atomic E-state index is -0.570. The van der Waals surface area contributed by atoms with Crippen LogP contribution in [0.25, 0.3) is 0 Å². The molecule has 1 N–H and O–H groups in total. The Hall–Kier alpha value is -2.31. The zero-order valence-corrected chi connectivity index (χ0v) is 16.0. The van der Waals surface area contributed by atoms with Crippen LogP contribution in [-0.4, -0.2) is 49.8 Å². The van der Waals surface area contributed by atoms with E-state index in [4.69, 9.17) is 13.9 Å². The molecule has 6 nitrogen and oxygen atoms in total. The van der Waals surface area contributed by atoms with Crippen LogP contribution in [0.15, 0.2) is 47.1 Å². The van der Waals surface area contributed by atoms with Crippen LogP contribution < -0.4 is 10.1 Å². The summed E-state index contributed by atoms with van der Waals surface area (Å²) in [5.74, 6) is 1.41. The number of aryl methyl sites for hydroxylation is 1. The highest BCUT2D eigenvalue weighted by Gasteiger charge is 2.26. The van der Waals surface area contributed by atoms with E-state index < -0.39 is 6.10 Å². The van der Waals surface area contributed by atoms with Gasteiger partial charge in [0.25, 0.3) is 5.91 Å². The average molecular weight is 372 g/mol. The topological polar surface area (TPSA) is 63.9 Å². The maximum atomic E-state index is 12.5. The first kappa shape index (κ1) is 19.5. The highest BCUT2D eigenvalue weighted by molar-refractivity contribution is 5.80. The zero-order chi connectivity index (χ0) is 19.1. The Labute approximate surface area is 160 Å². The second kappa shape index (κ2) is 9.58. The summed E-state index contributed by atoms with van der Waals surface area (Å²) in [5.41, 5.74) is 1.24. The molecule has 1 aliphatic rings. The van der Waals surface area contributed by atoms with E-state index in [1.807, 2.05) is 36.4 Å². The van der Waals surface area contributed by atoms with Crippen LogP contribution in [0.5, 0.6) is 5.75 Å². The Morgan fingerprint density at radius 3 is 2.59 bits per heavy atom. The van der Waals surface area contributed by atoms with Crippen LogP contribution in [0, 0.1) is 0 Å². The van der Waals surface area contributed by atoms with Crippen molar-refractivity contribution in [3.63, 3.8) is 0 Å². The van der Waals surface area contributed by atoms with E-state index in [2.05, 4.69) is 17.1 Å². The Morgan fingerprint density at radius 1 is 1.22 bits per heavy atom. The molecule has 2 heterocycles. The average Bonchev–Trinajstić information content (AvgIpc) is 3.24. The predicted molar refractivity (Wildman–Crippen MR) is 103 cm³/mol. The number of furan rings is 1. The minimum Gasteiger partial charge on any atom is -0.481 e. The Bertz CT molecular complexity index is 693. The van der Waals surface area contributed by atoms with Crippen molar-refractivity contribution in [3.8, 4) is 5.75 Å². The van der Waals surface area contributed by atoms with E-state index in [1.165, 1.54) is 5.56 Å². The molecule has 0 saturated carbocycles. The third-order valence-electron chi connectivity index (χ3n) is 4.84. The number of ether oxygens (including phenoxy) is 2. The molecule has 0 radical (unpaired) electrons. The summed E-state index contributed by atoms with van der Waals surface area (Å²) in [6.07, 6.45) is 2.07. The number of carbonyl (C=O) groups excluding carboxylic acids is 1. The van der Waals surface area contributed by atoms with E-state index in [0.717, 1.165) is 25.3 Å². The molecule has 0 spiro atoms. The van der Waals surface area contributed by atoms with Crippen LogP contribution in [0.1, 0.15) is 31.2 Å². The predicted octanol–water partition coefficient (Wildman–Crippen LogP) is 2.80. The fourth-order valence-electron chi connectivity index (χ4n) is 3.18. The first-order valence-corrected chi connectivity index (χ1v) is 9.56. The molecular formula is C21H28N2O4. The molecule has 2 aromatic rings. The molecule has 146 valence electrons. The van der Waals surface area contributed by atoms with Crippen molar-refractivity contribution < 1.29 is 18.7 Å². The molecule has 0 unspecified atom stereocenters. The number of nitrogens with one attached hydrogen (secondary N) is 1. The second-order valence-electron chi connectivity index (χ2n) is 6.68. The van der Waals surface area contributed by atoms with Crippen molar-refractivity contribution in [1.29, 1.82) is 0 Å². The summed E-state index contributed by atoms with van der Waals surface area (Å²) in [7, 11) is 0. The lowest BCUT2D eigenvalue weighted by Crippen LogP contribution is -2.45. The van der Waals surface area contributed by atoms with Gasteiger partial charge in [-0.1, -0.05) is 19.1 Å². The third kappa shape index (κ3) is 5.34. The van der Waals surface area contributed by atoms with Crippen molar-refractivity contribution in [2.45, 2.75) is 32.4 Å². The highest BCUT2D eigenvalue weighted by atomic mass is 16.5. The Balaban J connectivity index is 1.56. The summed E-state index contributed by atoms with van der Waals surface area (Å²) in [6, 6.07) is 11.7. The number of carbonyl (C=O) groups is 1. The van der Waals surface area contributed by atoms with Crippen LogP contribution >= 0.6 is 0 Å².